The molecule has 0 radical (unpaired) electrons. The highest BCUT2D eigenvalue weighted by Crippen LogP contribution is 2.26. The van der Waals surface area contributed by atoms with E-state index in [-0.39, 0.29) is 12.4 Å². The largest absolute Gasteiger partial charge is 0.487 e. The van der Waals surface area contributed by atoms with E-state index >= 15 is 0 Å². The lowest BCUT2D eigenvalue weighted by Gasteiger charge is -2.11. The highest BCUT2D eigenvalue weighted by atomic mass is 79.9. The Bertz CT molecular complexity index is 628. The summed E-state index contributed by atoms with van der Waals surface area (Å²) in [4.78, 5) is 0. The molecule has 0 spiro atoms. The lowest BCUT2D eigenvalue weighted by Crippen LogP contribution is -2.07. The molecule has 0 aliphatic rings. The molecule has 0 amide bonds. The van der Waals surface area contributed by atoms with Crippen LogP contribution in [0, 0.1) is 5.82 Å². The first-order valence-electron chi connectivity index (χ1n) is 6.86. The highest BCUT2D eigenvalue weighted by molar-refractivity contribution is 9.10. The number of benzene rings is 1. The van der Waals surface area contributed by atoms with Crippen molar-refractivity contribution < 1.29 is 14.2 Å². The van der Waals surface area contributed by atoms with Crippen LogP contribution in [-0.4, -0.2) is 14.9 Å². The first-order chi connectivity index (χ1) is 10.1. The number of aromatic nitrogens is 2. The Hall–Kier alpha value is -1.40. The van der Waals surface area contributed by atoms with Gasteiger partial charge in [0.2, 0.25) is 0 Å². The SMILES string of the molecule is CCc1nn(CC)c(COc2ccc(F)cc2CO)c1Br. The third kappa shape index (κ3) is 3.44. The Morgan fingerprint density at radius 2 is 2.14 bits per heavy atom. The number of aryl methyl sites for hydroxylation is 2. The summed E-state index contributed by atoms with van der Waals surface area (Å²) in [5.41, 5.74) is 2.35. The maximum Gasteiger partial charge on any atom is 0.131 e. The molecule has 114 valence electrons. The van der Waals surface area contributed by atoms with Crippen molar-refractivity contribution in [3.8, 4) is 5.75 Å². The second-order valence-electron chi connectivity index (χ2n) is 4.58. The third-order valence-corrected chi connectivity index (χ3v) is 4.17. The zero-order valence-electron chi connectivity index (χ0n) is 12.1. The van der Waals surface area contributed by atoms with Crippen LogP contribution in [0.2, 0.25) is 0 Å². The highest BCUT2D eigenvalue weighted by Gasteiger charge is 2.15. The summed E-state index contributed by atoms with van der Waals surface area (Å²) in [7, 11) is 0. The van der Waals surface area contributed by atoms with Crippen LogP contribution in [0.4, 0.5) is 4.39 Å². The molecule has 0 fully saturated rings. The van der Waals surface area contributed by atoms with Crippen LogP contribution in [0.5, 0.6) is 5.75 Å². The molecule has 0 saturated carbocycles. The van der Waals surface area contributed by atoms with E-state index < -0.39 is 0 Å². The maximum absolute atomic E-state index is 13.1. The molecule has 2 aromatic rings. The van der Waals surface area contributed by atoms with Crippen LogP contribution in [0.1, 0.15) is 30.8 Å². The fraction of sp³-hybridized carbons (Fsp3) is 0.400. The average molecular weight is 357 g/mol. The van der Waals surface area contributed by atoms with Gasteiger partial charge in [-0.3, -0.25) is 4.68 Å². The van der Waals surface area contributed by atoms with Crippen LogP contribution < -0.4 is 4.74 Å². The Balaban J connectivity index is 2.22. The number of aliphatic hydroxyl groups is 1. The topological polar surface area (TPSA) is 47.3 Å². The summed E-state index contributed by atoms with van der Waals surface area (Å²) in [6.45, 7) is 4.84. The predicted octanol–water partition coefficient (Wildman–Crippen LogP) is 3.44. The minimum Gasteiger partial charge on any atom is -0.487 e. The van der Waals surface area contributed by atoms with Gasteiger partial charge in [-0.05, 0) is 47.5 Å². The number of hydrogen-bond acceptors (Lipinski definition) is 3. The normalized spacial score (nSPS) is 10.9. The molecule has 0 bridgehead atoms. The molecule has 21 heavy (non-hydrogen) atoms. The first kappa shape index (κ1) is 16.0. The average Bonchev–Trinajstić information content (AvgIpc) is 2.81. The van der Waals surface area contributed by atoms with Crippen molar-refractivity contribution >= 4 is 15.9 Å². The Morgan fingerprint density at radius 3 is 2.76 bits per heavy atom. The van der Waals surface area contributed by atoms with E-state index in [4.69, 9.17) is 4.74 Å². The van der Waals surface area contributed by atoms with Crippen LogP contribution in [0.3, 0.4) is 0 Å². The van der Waals surface area contributed by atoms with E-state index in [9.17, 15) is 9.50 Å². The molecule has 0 atom stereocenters. The molecule has 0 aliphatic heterocycles. The van der Waals surface area contributed by atoms with Crippen molar-refractivity contribution in [3.63, 3.8) is 0 Å². The van der Waals surface area contributed by atoms with Crippen molar-refractivity contribution in [3.05, 3.63) is 45.4 Å². The monoisotopic (exact) mass is 356 g/mol. The van der Waals surface area contributed by atoms with Crippen LogP contribution >= 0.6 is 15.9 Å². The van der Waals surface area contributed by atoms with Gasteiger partial charge in [-0.2, -0.15) is 5.10 Å². The van der Waals surface area contributed by atoms with Crippen molar-refractivity contribution in [1.82, 2.24) is 9.78 Å². The van der Waals surface area contributed by atoms with Crippen LogP contribution in [-0.2, 0) is 26.2 Å². The van der Waals surface area contributed by atoms with Crippen LogP contribution in [0.25, 0.3) is 0 Å². The minimum absolute atomic E-state index is 0.262. The number of rotatable bonds is 6. The van der Waals surface area contributed by atoms with Gasteiger partial charge in [0.1, 0.15) is 18.2 Å². The van der Waals surface area contributed by atoms with E-state index in [0.717, 1.165) is 28.8 Å². The zero-order valence-corrected chi connectivity index (χ0v) is 13.7. The van der Waals surface area contributed by atoms with Crippen LogP contribution in [0.15, 0.2) is 22.7 Å². The van der Waals surface area contributed by atoms with Gasteiger partial charge in [-0.1, -0.05) is 6.92 Å². The summed E-state index contributed by atoms with van der Waals surface area (Å²) in [5.74, 6) is 0.0900. The molecule has 4 nitrogen and oxygen atoms in total. The zero-order chi connectivity index (χ0) is 15.4. The summed E-state index contributed by atoms with van der Waals surface area (Å²) in [6.07, 6.45) is 0.832. The second-order valence-corrected chi connectivity index (χ2v) is 5.37. The fourth-order valence-corrected chi connectivity index (χ4v) is 2.79. The molecule has 2 rings (SSSR count). The van der Waals surface area contributed by atoms with Crippen molar-refractivity contribution in [2.75, 3.05) is 0 Å². The number of aliphatic hydroxyl groups excluding tert-OH is 1. The molecular formula is C15H18BrFN2O2. The van der Waals surface area contributed by atoms with Gasteiger partial charge >= 0.3 is 0 Å². The second kappa shape index (κ2) is 7.04. The number of hydrogen-bond donors (Lipinski definition) is 1. The Labute approximate surface area is 131 Å². The predicted molar refractivity (Wildman–Crippen MR) is 81.6 cm³/mol. The minimum atomic E-state index is -0.389. The standard InChI is InChI=1S/C15H18BrFN2O2/c1-3-12-15(16)13(19(4-2)18-12)9-21-14-6-5-11(17)7-10(14)8-20/h5-7,20H,3-4,8-9H2,1-2H3. The van der Waals surface area contributed by atoms with E-state index in [2.05, 4.69) is 21.0 Å². The van der Waals surface area contributed by atoms with Gasteiger partial charge in [-0.15, -0.1) is 0 Å². The number of halogens is 2. The van der Waals surface area contributed by atoms with Gasteiger partial charge in [0, 0.05) is 12.1 Å². The molecule has 0 aliphatic carbocycles. The van der Waals surface area contributed by atoms with E-state index in [1.165, 1.54) is 18.2 Å². The molecule has 0 unspecified atom stereocenters. The molecular weight excluding hydrogens is 339 g/mol. The number of ether oxygens (including phenoxy) is 1. The van der Waals surface area contributed by atoms with Gasteiger partial charge in [0.05, 0.1) is 22.5 Å². The molecule has 1 aromatic heterocycles. The summed E-state index contributed by atoms with van der Waals surface area (Å²) < 4.78 is 21.7. The quantitative estimate of drug-likeness (QED) is 0.862. The Morgan fingerprint density at radius 1 is 1.38 bits per heavy atom. The lowest BCUT2D eigenvalue weighted by molar-refractivity contribution is 0.253. The third-order valence-electron chi connectivity index (χ3n) is 3.25. The summed E-state index contributed by atoms with van der Waals surface area (Å²) in [5, 5.41) is 13.8. The van der Waals surface area contributed by atoms with Gasteiger partial charge in [0.25, 0.3) is 0 Å². The fourth-order valence-electron chi connectivity index (χ4n) is 2.11. The summed E-state index contributed by atoms with van der Waals surface area (Å²) >= 11 is 3.55. The van der Waals surface area contributed by atoms with E-state index in [1.807, 2.05) is 18.5 Å². The Kier molecular flexibility index (Phi) is 5.36. The van der Waals surface area contributed by atoms with Gasteiger partial charge in [0.15, 0.2) is 0 Å². The van der Waals surface area contributed by atoms with Gasteiger partial charge in [-0.25, -0.2) is 4.39 Å². The molecule has 1 aromatic carbocycles. The van der Waals surface area contributed by atoms with Crippen molar-refractivity contribution in [1.29, 1.82) is 0 Å². The van der Waals surface area contributed by atoms with Crippen molar-refractivity contribution in [2.24, 2.45) is 0 Å². The van der Waals surface area contributed by atoms with Gasteiger partial charge < -0.3 is 9.84 Å². The smallest absolute Gasteiger partial charge is 0.131 e. The summed E-state index contributed by atoms with van der Waals surface area (Å²) in [6, 6.07) is 4.12. The molecule has 1 N–H and O–H groups in total. The maximum atomic E-state index is 13.1. The van der Waals surface area contributed by atoms with Crippen molar-refractivity contribution in [2.45, 2.75) is 40.0 Å². The molecule has 1 heterocycles. The molecule has 0 saturated heterocycles. The first-order valence-corrected chi connectivity index (χ1v) is 7.66. The lowest BCUT2D eigenvalue weighted by atomic mass is 10.2. The molecule has 6 heteroatoms. The number of nitrogens with zero attached hydrogens (tertiary/aromatic N) is 2. The van der Waals surface area contributed by atoms with E-state index in [0.29, 0.717) is 17.9 Å². The van der Waals surface area contributed by atoms with E-state index in [1.54, 1.807) is 0 Å².